The summed E-state index contributed by atoms with van der Waals surface area (Å²) >= 11 is 5.81. The molecule has 1 saturated heterocycles. The third kappa shape index (κ3) is 3.44. The van der Waals surface area contributed by atoms with Gasteiger partial charge < -0.3 is 4.90 Å². The zero-order chi connectivity index (χ0) is 13.8. The number of halogens is 3. The first kappa shape index (κ1) is 14.3. The Kier molecular flexibility index (Phi) is 4.75. The molecule has 0 spiro atoms. The number of nitrogens with zero attached hydrogens (tertiary/aromatic N) is 1. The van der Waals surface area contributed by atoms with Crippen LogP contribution in [0.3, 0.4) is 0 Å². The number of alkyl halides is 1. The highest BCUT2D eigenvalue weighted by molar-refractivity contribution is 6.18. The first-order valence-corrected chi connectivity index (χ1v) is 6.92. The summed E-state index contributed by atoms with van der Waals surface area (Å²) in [6, 6.07) is 3.91. The van der Waals surface area contributed by atoms with Crippen LogP contribution < -0.4 is 0 Å². The van der Waals surface area contributed by atoms with E-state index in [1.165, 1.54) is 12.1 Å². The Balaban J connectivity index is 2.02. The molecule has 0 bridgehead atoms. The fourth-order valence-corrected chi connectivity index (χ4v) is 2.63. The minimum absolute atomic E-state index is 0.0986. The number of hydrogen-bond donors (Lipinski definition) is 0. The van der Waals surface area contributed by atoms with Gasteiger partial charge in [0.25, 0.3) is 0 Å². The van der Waals surface area contributed by atoms with Gasteiger partial charge in [-0.3, -0.25) is 4.79 Å². The molecule has 0 aromatic heterocycles. The van der Waals surface area contributed by atoms with Gasteiger partial charge in [0.1, 0.15) is 0 Å². The Hall–Kier alpha value is -1.16. The molecule has 1 aliphatic rings. The van der Waals surface area contributed by atoms with Crippen LogP contribution in [0.4, 0.5) is 8.78 Å². The summed E-state index contributed by atoms with van der Waals surface area (Å²) in [6.07, 6.45) is 1.83. The second-order valence-corrected chi connectivity index (χ2v) is 5.20. The Morgan fingerprint density at radius 3 is 2.95 bits per heavy atom. The largest absolute Gasteiger partial charge is 0.342 e. The van der Waals surface area contributed by atoms with Crippen LogP contribution in [-0.2, 0) is 11.2 Å². The summed E-state index contributed by atoms with van der Waals surface area (Å²) in [5.41, 5.74) is 0.109. The quantitative estimate of drug-likeness (QED) is 0.783. The first-order chi connectivity index (χ1) is 9.11. The Bertz CT molecular complexity index is 467. The van der Waals surface area contributed by atoms with E-state index < -0.39 is 11.6 Å². The molecule has 1 aromatic rings. The molecule has 104 valence electrons. The highest BCUT2D eigenvalue weighted by Crippen LogP contribution is 2.19. The molecule has 0 saturated carbocycles. The van der Waals surface area contributed by atoms with Gasteiger partial charge in [-0.05, 0) is 24.8 Å². The lowest BCUT2D eigenvalue weighted by molar-refractivity contribution is -0.132. The highest BCUT2D eigenvalue weighted by Gasteiger charge is 2.24. The zero-order valence-electron chi connectivity index (χ0n) is 10.5. The van der Waals surface area contributed by atoms with Crippen LogP contribution in [0.15, 0.2) is 18.2 Å². The Morgan fingerprint density at radius 1 is 1.42 bits per heavy atom. The van der Waals surface area contributed by atoms with Gasteiger partial charge >= 0.3 is 0 Å². The fraction of sp³-hybridized carbons (Fsp3) is 0.500. The van der Waals surface area contributed by atoms with Crippen molar-refractivity contribution in [3.63, 3.8) is 0 Å². The third-order valence-corrected chi connectivity index (χ3v) is 3.90. The van der Waals surface area contributed by atoms with E-state index >= 15 is 0 Å². The lowest BCUT2D eigenvalue weighted by atomic mass is 9.99. The molecule has 19 heavy (non-hydrogen) atoms. The van der Waals surface area contributed by atoms with E-state index in [2.05, 4.69) is 0 Å². The predicted octanol–water partition coefficient (Wildman–Crippen LogP) is 2.98. The van der Waals surface area contributed by atoms with Crippen molar-refractivity contribution in [2.45, 2.75) is 19.3 Å². The maximum atomic E-state index is 13.5. The summed E-state index contributed by atoms with van der Waals surface area (Å²) in [7, 11) is 0. The summed E-state index contributed by atoms with van der Waals surface area (Å²) in [6.45, 7) is 1.28. The highest BCUT2D eigenvalue weighted by atomic mass is 35.5. The molecule has 1 aromatic carbocycles. The first-order valence-electron chi connectivity index (χ1n) is 6.38. The summed E-state index contributed by atoms with van der Waals surface area (Å²) < 4.78 is 26.6. The molecule has 0 N–H and O–H groups in total. The van der Waals surface area contributed by atoms with Crippen LogP contribution in [0, 0.1) is 17.6 Å². The van der Waals surface area contributed by atoms with Gasteiger partial charge in [0, 0.05) is 24.5 Å². The molecule has 1 amide bonds. The summed E-state index contributed by atoms with van der Waals surface area (Å²) in [5, 5.41) is 0. The van der Waals surface area contributed by atoms with Crippen LogP contribution in [0.5, 0.6) is 0 Å². The normalized spacial score (nSPS) is 19.5. The number of likely N-dealkylation sites (tertiary alicyclic amines) is 1. The number of piperidine rings is 1. The van der Waals surface area contributed by atoms with Gasteiger partial charge in [0.15, 0.2) is 11.6 Å². The second kappa shape index (κ2) is 6.33. The number of rotatable bonds is 3. The van der Waals surface area contributed by atoms with Crippen LogP contribution in [0.2, 0.25) is 0 Å². The summed E-state index contributed by atoms with van der Waals surface area (Å²) in [5.74, 6) is -1.18. The molecule has 2 rings (SSSR count). The average Bonchev–Trinajstić information content (AvgIpc) is 2.44. The van der Waals surface area contributed by atoms with Crippen molar-refractivity contribution in [3.8, 4) is 0 Å². The monoisotopic (exact) mass is 287 g/mol. The van der Waals surface area contributed by atoms with Crippen LogP contribution >= 0.6 is 11.6 Å². The molecule has 1 unspecified atom stereocenters. The maximum absolute atomic E-state index is 13.5. The van der Waals surface area contributed by atoms with Crippen LogP contribution in [0.25, 0.3) is 0 Å². The van der Waals surface area contributed by atoms with Crippen molar-refractivity contribution in [1.29, 1.82) is 0 Å². The van der Waals surface area contributed by atoms with Gasteiger partial charge in [-0.1, -0.05) is 12.1 Å². The molecule has 0 aliphatic carbocycles. The fourth-order valence-electron chi connectivity index (χ4n) is 2.38. The molecule has 0 radical (unpaired) electrons. The maximum Gasteiger partial charge on any atom is 0.227 e. The van der Waals surface area contributed by atoms with E-state index in [1.54, 1.807) is 4.90 Å². The Labute approximate surface area is 116 Å². The van der Waals surface area contributed by atoms with Gasteiger partial charge in [0.05, 0.1) is 6.42 Å². The van der Waals surface area contributed by atoms with Crippen LogP contribution in [-0.4, -0.2) is 29.8 Å². The molecule has 1 fully saturated rings. The van der Waals surface area contributed by atoms with Crippen molar-refractivity contribution in [3.05, 3.63) is 35.4 Å². The van der Waals surface area contributed by atoms with Gasteiger partial charge in [-0.25, -0.2) is 8.78 Å². The number of hydrogen-bond acceptors (Lipinski definition) is 1. The number of carbonyl (C=O) groups excluding carboxylic acids is 1. The minimum atomic E-state index is -0.929. The van der Waals surface area contributed by atoms with Gasteiger partial charge in [-0.2, -0.15) is 0 Å². The topological polar surface area (TPSA) is 20.3 Å². The Morgan fingerprint density at radius 2 is 2.21 bits per heavy atom. The predicted molar refractivity (Wildman–Crippen MR) is 70.1 cm³/mol. The summed E-state index contributed by atoms with van der Waals surface area (Å²) in [4.78, 5) is 13.8. The van der Waals surface area contributed by atoms with Crippen molar-refractivity contribution in [2.24, 2.45) is 5.92 Å². The lowest BCUT2D eigenvalue weighted by Gasteiger charge is -2.32. The second-order valence-electron chi connectivity index (χ2n) is 4.89. The standard InChI is InChI=1S/C14H16ClF2NO/c15-8-10-3-2-6-18(9-10)13(19)7-11-4-1-5-12(16)14(11)17/h1,4-5,10H,2-3,6-9H2. The van der Waals surface area contributed by atoms with Crippen molar-refractivity contribution >= 4 is 17.5 Å². The SMILES string of the molecule is O=C(Cc1cccc(F)c1F)N1CCCC(CCl)C1. The van der Waals surface area contributed by atoms with E-state index in [-0.39, 0.29) is 17.9 Å². The third-order valence-electron chi connectivity index (χ3n) is 3.46. The van der Waals surface area contributed by atoms with E-state index in [9.17, 15) is 13.6 Å². The van der Waals surface area contributed by atoms with E-state index in [4.69, 9.17) is 11.6 Å². The average molecular weight is 288 g/mol. The van der Waals surface area contributed by atoms with Crippen molar-refractivity contribution < 1.29 is 13.6 Å². The van der Waals surface area contributed by atoms with Crippen molar-refractivity contribution in [1.82, 2.24) is 4.90 Å². The minimum Gasteiger partial charge on any atom is -0.342 e. The molecule has 5 heteroatoms. The van der Waals surface area contributed by atoms with Crippen LogP contribution in [0.1, 0.15) is 18.4 Å². The number of benzene rings is 1. The smallest absolute Gasteiger partial charge is 0.227 e. The molecule has 1 atom stereocenters. The molecule has 2 nitrogen and oxygen atoms in total. The molecular formula is C14H16ClF2NO. The van der Waals surface area contributed by atoms with Gasteiger partial charge in [-0.15, -0.1) is 11.6 Å². The molecule has 1 aliphatic heterocycles. The van der Waals surface area contributed by atoms with E-state index in [0.717, 1.165) is 18.9 Å². The number of carbonyl (C=O) groups is 1. The molecular weight excluding hydrogens is 272 g/mol. The van der Waals surface area contributed by atoms with Crippen molar-refractivity contribution in [2.75, 3.05) is 19.0 Å². The zero-order valence-corrected chi connectivity index (χ0v) is 11.3. The van der Waals surface area contributed by atoms with E-state index in [0.29, 0.717) is 24.9 Å². The number of amides is 1. The van der Waals surface area contributed by atoms with E-state index in [1.807, 2.05) is 0 Å². The van der Waals surface area contributed by atoms with Gasteiger partial charge in [0.2, 0.25) is 5.91 Å². The lowest BCUT2D eigenvalue weighted by Crippen LogP contribution is -2.41. The molecule has 1 heterocycles.